The number of aromatic nitrogens is 2. The second kappa shape index (κ2) is 6.89. The van der Waals surface area contributed by atoms with Crippen LogP contribution in [0.25, 0.3) is 21.9 Å². The Hall–Kier alpha value is -2.84. The third-order valence-corrected chi connectivity index (χ3v) is 8.24. The van der Waals surface area contributed by atoms with E-state index >= 15 is 0 Å². The predicted molar refractivity (Wildman–Crippen MR) is 116 cm³/mol. The van der Waals surface area contributed by atoms with Crippen molar-refractivity contribution in [1.29, 1.82) is 0 Å². The van der Waals surface area contributed by atoms with Crippen LogP contribution < -0.4 is 4.90 Å². The second-order valence-corrected chi connectivity index (χ2v) is 10.2. The van der Waals surface area contributed by atoms with Crippen molar-refractivity contribution in [2.24, 2.45) is 0 Å². The van der Waals surface area contributed by atoms with Crippen LogP contribution in [0.3, 0.4) is 0 Å². The summed E-state index contributed by atoms with van der Waals surface area (Å²) in [5.74, 6) is 0.712. The molecule has 1 aliphatic rings. The first-order chi connectivity index (χ1) is 14.0. The van der Waals surface area contributed by atoms with Crippen LogP contribution in [0.2, 0.25) is 0 Å². The maximum absolute atomic E-state index is 12.7. The Morgan fingerprint density at radius 3 is 2.97 bits per heavy atom. The SMILES string of the molecule is C=C1CN(c2ccnc3[nH]c4ccc(CS(=O)(=O)c5cccs5)cc4c23)CCO1. The summed E-state index contributed by atoms with van der Waals surface area (Å²) in [5, 5.41) is 3.75. The van der Waals surface area contributed by atoms with E-state index in [-0.39, 0.29) is 5.75 Å². The van der Waals surface area contributed by atoms with Crippen molar-refractivity contribution in [1.82, 2.24) is 9.97 Å². The number of benzene rings is 1. The van der Waals surface area contributed by atoms with Gasteiger partial charge in [0.15, 0.2) is 9.84 Å². The Balaban J connectivity index is 1.61. The topological polar surface area (TPSA) is 75.3 Å². The van der Waals surface area contributed by atoms with Crippen LogP contribution in [-0.2, 0) is 20.3 Å². The molecule has 0 amide bonds. The predicted octanol–water partition coefficient (Wildman–Crippen LogP) is 4.10. The largest absolute Gasteiger partial charge is 0.495 e. The number of nitrogens with zero attached hydrogens (tertiary/aromatic N) is 2. The zero-order valence-corrected chi connectivity index (χ0v) is 17.2. The van der Waals surface area contributed by atoms with E-state index in [9.17, 15) is 8.42 Å². The summed E-state index contributed by atoms with van der Waals surface area (Å²) in [4.78, 5) is 10.1. The van der Waals surface area contributed by atoms with E-state index in [1.165, 1.54) is 11.3 Å². The van der Waals surface area contributed by atoms with Crippen LogP contribution in [0.5, 0.6) is 0 Å². The van der Waals surface area contributed by atoms with Gasteiger partial charge in [-0.15, -0.1) is 11.3 Å². The van der Waals surface area contributed by atoms with Crippen LogP contribution in [0, 0.1) is 0 Å². The molecule has 1 saturated heterocycles. The third kappa shape index (κ3) is 3.28. The number of morpholine rings is 1. The normalized spacial score (nSPS) is 15.2. The lowest BCUT2D eigenvalue weighted by molar-refractivity contribution is 0.193. The average Bonchev–Trinajstić information content (AvgIpc) is 3.36. The van der Waals surface area contributed by atoms with Gasteiger partial charge in [0.25, 0.3) is 0 Å². The molecule has 4 heterocycles. The summed E-state index contributed by atoms with van der Waals surface area (Å²) in [6.07, 6.45) is 1.79. The molecular weight excluding hydrogens is 406 g/mol. The number of rotatable bonds is 4. The number of ether oxygens (including phenoxy) is 1. The van der Waals surface area contributed by atoms with Gasteiger partial charge in [0.1, 0.15) is 22.2 Å². The lowest BCUT2D eigenvalue weighted by atomic mass is 10.1. The van der Waals surface area contributed by atoms with E-state index in [0.29, 0.717) is 17.4 Å². The molecule has 8 heteroatoms. The van der Waals surface area contributed by atoms with E-state index < -0.39 is 9.84 Å². The quantitative estimate of drug-likeness (QED) is 0.533. The first-order valence-electron chi connectivity index (χ1n) is 9.22. The van der Waals surface area contributed by atoms with Crippen LogP contribution in [0.1, 0.15) is 5.56 Å². The summed E-state index contributed by atoms with van der Waals surface area (Å²) in [6.45, 7) is 5.92. The van der Waals surface area contributed by atoms with Gasteiger partial charge in [-0.2, -0.15) is 0 Å². The van der Waals surface area contributed by atoms with Crippen LogP contribution in [0.4, 0.5) is 5.69 Å². The number of hydrogen-bond donors (Lipinski definition) is 1. The standard InChI is InChI=1S/C21H19N3O3S2/c1-14-12-24(8-9-27-14)18-6-7-22-21-20(18)16-11-15(4-5-17(16)23-21)13-29(25,26)19-3-2-10-28-19/h2-7,10-11H,1,8-9,12-13H2,(H,22,23). The van der Waals surface area contributed by atoms with Crippen LogP contribution in [-0.4, -0.2) is 38.1 Å². The van der Waals surface area contributed by atoms with E-state index in [2.05, 4.69) is 21.4 Å². The zero-order chi connectivity index (χ0) is 20.0. The molecular formula is C21H19N3O3S2. The number of fused-ring (bicyclic) bond motifs is 3. The Morgan fingerprint density at radius 1 is 1.28 bits per heavy atom. The first-order valence-corrected chi connectivity index (χ1v) is 11.8. The van der Waals surface area contributed by atoms with Gasteiger partial charge in [-0.25, -0.2) is 13.4 Å². The number of aromatic amines is 1. The van der Waals surface area contributed by atoms with Gasteiger partial charge in [0.05, 0.1) is 24.5 Å². The second-order valence-electron chi connectivity index (χ2n) is 7.06. The fourth-order valence-corrected chi connectivity index (χ4v) is 6.20. The number of hydrogen-bond acceptors (Lipinski definition) is 6. The summed E-state index contributed by atoms with van der Waals surface area (Å²) in [7, 11) is -3.36. The highest BCUT2D eigenvalue weighted by molar-refractivity contribution is 7.92. The Morgan fingerprint density at radius 2 is 2.17 bits per heavy atom. The maximum atomic E-state index is 12.7. The maximum Gasteiger partial charge on any atom is 0.191 e. The van der Waals surface area contributed by atoms with Crippen molar-refractivity contribution < 1.29 is 13.2 Å². The summed E-state index contributed by atoms with van der Waals surface area (Å²) in [6, 6.07) is 11.1. The van der Waals surface area contributed by atoms with Crippen LogP contribution in [0.15, 0.2) is 64.5 Å². The minimum Gasteiger partial charge on any atom is -0.495 e. The number of anilines is 1. The fourth-order valence-electron chi connectivity index (χ4n) is 3.77. The van der Waals surface area contributed by atoms with Crippen molar-refractivity contribution in [3.05, 3.63) is 65.9 Å². The lowest BCUT2D eigenvalue weighted by Crippen LogP contribution is -2.34. The first kappa shape index (κ1) is 18.2. The molecule has 1 aromatic carbocycles. The molecule has 0 unspecified atom stereocenters. The smallest absolute Gasteiger partial charge is 0.191 e. The number of nitrogens with one attached hydrogen (secondary N) is 1. The molecule has 1 fully saturated rings. The van der Waals surface area contributed by atoms with Gasteiger partial charge < -0.3 is 14.6 Å². The minimum atomic E-state index is -3.36. The van der Waals surface area contributed by atoms with Gasteiger partial charge >= 0.3 is 0 Å². The Bertz CT molecular complexity index is 1320. The monoisotopic (exact) mass is 425 g/mol. The molecule has 0 radical (unpaired) electrons. The summed E-state index contributed by atoms with van der Waals surface area (Å²) in [5.41, 5.74) is 3.52. The molecule has 148 valence electrons. The highest BCUT2D eigenvalue weighted by Crippen LogP contribution is 2.34. The third-order valence-electron chi connectivity index (χ3n) is 5.07. The molecule has 1 N–H and O–H groups in total. The molecule has 1 aliphatic heterocycles. The molecule has 0 bridgehead atoms. The van der Waals surface area contributed by atoms with E-state index in [4.69, 9.17) is 4.74 Å². The molecule has 0 spiro atoms. The number of sulfone groups is 1. The molecule has 5 rings (SSSR count). The highest BCUT2D eigenvalue weighted by atomic mass is 32.2. The van der Waals surface area contributed by atoms with Gasteiger partial charge in [-0.05, 0) is 35.2 Å². The molecule has 4 aromatic rings. The van der Waals surface area contributed by atoms with Crippen molar-refractivity contribution >= 4 is 48.8 Å². The highest BCUT2D eigenvalue weighted by Gasteiger charge is 2.21. The minimum absolute atomic E-state index is 0.0277. The number of H-pyrrole nitrogens is 1. The fraction of sp³-hybridized carbons (Fsp3) is 0.190. The zero-order valence-electron chi connectivity index (χ0n) is 15.6. The number of thiophene rings is 1. The molecule has 0 aliphatic carbocycles. The Kier molecular flexibility index (Phi) is 4.33. The van der Waals surface area contributed by atoms with Gasteiger partial charge in [-0.3, -0.25) is 0 Å². The van der Waals surface area contributed by atoms with Crippen molar-refractivity contribution in [3.8, 4) is 0 Å². The van der Waals surface area contributed by atoms with Gasteiger partial charge in [0.2, 0.25) is 0 Å². The van der Waals surface area contributed by atoms with E-state index in [0.717, 1.165) is 45.5 Å². The van der Waals surface area contributed by atoms with Gasteiger partial charge in [0, 0.05) is 22.5 Å². The van der Waals surface area contributed by atoms with E-state index in [1.54, 1.807) is 23.7 Å². The average molecular weight is 426 g/mol. The summed E-state index contributed by atoms with van der Waals surface area (Å²) >= 11 is 1.25. The van der Waals surface area contributed by atoms with Crippen molar-refractivity contribution in [2.45, 2.75) is 9.96 Å². The molecule has 0 atom stereocenters. The van der Waals surface area contributed by atoms with E-state index in [1.807, 2.05) is 24.3 Å². The Labute approximate surface area is 172 Å². The van der Waals surface area contributed by atoms with Crippen molar-refractivity contribution in [2.75, 3.05) is 24.6 Å². The number of pyridine rings is 1. The lowest BCUT2D eigenvalue weighted by Gasteiger charge is -2.30. The molecule has 6 nitrogen and oxygen atoms in total. The molecule has 29 heavy (non-hydrogen) atoms. The molecule has 3 aromatic heterocycles. The van der Waals surface area contributed by atoms with Crippen molar-refractivity contribution in [3.63, 3.8) is 0 Å². The summed E-state index contributed by atoms with van der Waals surface area (Å²) < 4.78 is 31.3. The van der Waals surface area contributed by atoms with Gasteiger partial charge in [-0.1, -0.05) is 18.7 Å². The van der Waals surface area contributed by atoms with Crippen LogP contribution >= 0.6 is 11.3 Å². The molecule has 0 saturated carbocycles.